The van der Waals surface area contributed by atoms with Gasteiger partial charge in [0.05, 0.1) is 5.02 Å². The Morgan fingerprint density at radius 2 is 1.86 bits per heavy atom. The third-order valence-corrected chi connectivity index (χ3v) is 7.53. The van der Waals surface area contributed by atoms with Crippen LogP contribution >= 0.6 is 11.6 Å². The van der Waals surface area contributed by atoms with E-state index in [1.807, 2.05) is 0 Å². The minimum Gasteiger partial charge on any atom is -0.426 e. The summed E-state index contributed by atoms with van der Waals surface area (Å²) in [6, 6.07) is 4.13. The third kappa shape index (κ3) is 6.98. The number of carbonyl (C=O) groups excluding carboxylic acids is 1. The van der Waals surface area contributed by atoms with Crippen LogP contribution < -0.4 is 4.74 Å². The zero-order valence-corrected chi connectivity index (χ0v) is 18.6. The maximum atomic E-state index is 13.5. The Bertz CT molecular complexity index is 654. The lowest BCUT2D eigenvalue weighted by Crippen LogP contribution is -2.27. The van der Waals surface area contributed by atoms with E-state index in [2.05, 4.69) is 6.92 Å². The maximum Gasteiger partial charge on any atom is 0.311 e. The molecule has 2 atom stereocenters. The standard InChI is InChI=1S/C25H36ClFO2/c1-2-3-5-18-8-11-20(12-9-18)21-7-4-6-19(16-21)10-15-25(28)29-22-13-14-23(26)24(27)17-22/h13-14,17-21H,2-12,15-16H2,1H3/t18?,19?,20?,21-/m0/s1. The van der Waals surface area contributed by atoms with Gasteiger partial charge in [-0.25, -0.2) is 4.39 Å². The first-order valence-electron chi connectivity index (χ1n) is 11.7. The lowest BCUT2D eigenvalue weighted by Gasteiger charge is -2.38. The van der Waals surface area contributed by atoms with Gasteiger partial charge in [-0.3, -0.25) is 4.79 Å². The van der Waals surface area contributed by atoms with Crippen LogP contribution in [0.25, 0.3) is 0 Å². The van der Waals surface area contributed by atoms with E-state index in [-0.39, 0.29) is 16.7 Å². The molecule has 2 fully saturated rings. The zero-order chi connectivity index (χ0) is 20.6. The van der Waals surface area contributed by atoms with Crippen molar-refractivity contribution < 1.29 is 13.9 Å². The van der Waals surface area contributed by atoms with E-state index in [0.717, 1.165) is 24.2 Å². The molecule has 1 unspecified atom stereocenters. The summed E-state index contributed by atoms with van der Waals surface area (Å²) in [4.78, 5) is 12.2. The van der Waals surface area contributed by atoms with E-state index in [0.29, 0.717) is 12.3 Å². The molecule has 1 aromatic carbocycles. The fourth-order valence-electron chi connectivity index (χ4n) is 5.51. The number of hydrogen-bond acceptors (Lipinski definition) is 2. The molecule has 2 nitrogen and oxygen atoms in total. The van der Waals surface area contributed by atoms with Gasteiger partial charge in [-0.1, -0.05) is 69.9 Å². The summed E-state index contributed by atoms with van der Waals surface area (Å²) in [5.74, 6) is 2.75. The smallest absolute Gasteiger partial charge is 0.311 e. The molecule has 0 radical (unpaired) electrons. The quantitative estimate of drug-likeness (QED) is 0.313. The third-order valence-electron chi connectivity index (χ3n) is 7.23. The summed E-state index contributed by atoms with van der Waals surface area (Å²) in [5, 5.41) is 0.0393. The van der Waals surface area contributed by atoms with Crippen molar-refractivity contribution in [2.24, 2.45) is 23.7 Å². The van der Waals surface area contributed by atoms with E-state index in [9.17, 15) is 9.18 Å². The number of halogens is 2. The monoisotopic (exact) mass is 422 g/mol. The number of esters is 1. The average molecular weight is 423 g/mol. The van der Waals surface area contributed by atoms with Crippen LogP contribution in [0.2, 0.25) is 5.02 Å². The van der Waals surface area contributed by atoms with Gasteiger partial charge in [-0.15, -0.1) is 0 Å². The summed E-state index contributed by atoms with van der Waals surface area (Å²) in [6.07, 6.45) is 16.3. The summed E-state index contributed by atoms with van der Waals surface area (Å²) < 4.78 is 18.8. The molecular weight excluding hydrogens is 387 g/mol. The van der Waals surface area contributed by atoms with Gasteiger partial charge in [-0.05, 0) is 61.5 Å². The molecule has 162 valence electrons. The first-order valence-corrected chi connectivity index (χ1v) is 12.1. The number of hydrogen-bond donors (Lipinski definition) is 0. The maximum absolute atomic E-state index is 13.5. The highest BCUT2D eigenvalue weighted by Crippen LogP contribution is 2.43. The van der Waals surface area contributed by atoms with Gasteiger partial charge in [0.25, 0.3) is 0 Å². The van der Waals surface area contributed by atoms with Crippen molar-refractivity contribution in [2.75, 3.05) is 0 Å². The molecule has 2 aliphatic rings. The molecule has 1 aromatic rings. The summed E-state index contributed by atoms with van der Waals surface area (Å²) in [6.45, 7) is 2.29. The van der Waals surface area contributed by atoms with Gasteiger partial charge in [0, 0.05) is 12.5 Å². The van der Waals surface area contributed by atoms with Crippen LogP contribution in [-0.2, 0) is 4.79 Å². The molecule has 0 amide bonds. The lowest BCUT2D eigenvalue weighted by atomic mass is 9.67. The Balaban J connectivity index is 1.39. The number of ether oxygens (including phenoxy) is 1. The van der Waals surface area contributed by atoms with Gasteiger partial charge < -0.3 is 4.74 Å². The van der Waals surface area contributed by atoms with Crippen LogP contribution in [0.5, 0.6) is 5.75 Å². The highest BCUT2D eigenvalue weighted by Gasteiger charge is 2.31. The second kappa shape index (κ2) is 11.3. The molecule has 0 aliphatic heterocycles. The highest BCUT2D eigenvalue weighted by molar-refractivity contribution is 6.30. The number of benzene rings is 1. The van der Waals surface area contributed by atoms with Crippen LogP contribution in [0.4, 0.5) is 4.39 Å². The SMILES string of the molecule is CCCCC1CCC([C@H]2CCCC(CCC(=O)Oc3ccc(Cl)c(F)c3)C2)CC1. The molecule has 0 aromatic heterocycles. The van der Waals surface area contributed by atoms with E-state index in [1.54, 1.807) is 0 Å². The second-order valence-electron chi connectivity index (χ2n) is 9.30. The van der Waals surface area contributed by atoms with Crippen molar-refractivity contribution in [1.82, 2.24) is 0 Å². The molecule has 29 heavy (non-hydrogen) atoms. The zero-order valence-electron chi connectivity index (χ0n) is 17.8. The second-order valence-corrected chi connectivity index (χ2v) is 9.71. The fourth-order valence-corrected chi connectivity index (χ4v) is 5.63. The summed E-state index contributed by atoms with van der Waals surface area (Å²) >= 11 is 5.67. The lowest BCUT2D eigenvalue weighted by molar-refractivity contribution is -0.134. The largest absolute Gasteiger partial charge is 0.426 e. The molecular formula is C25H36ClFO2. The first kappa shape index (κ1) is 22.6. The van der Waals surface area contributed by atoms with Gasteiger partial charge in [0.15, 0.2) is 0 Å². The fraction of sp³-hybridized carbons (Fsp3) is 0.720. The predicted molar refractivity (Wildman–Crippen MR) is 117 cm³/mol. The number of unbranched alkanes of at least 4 members (excludes halogenated alkanes) is 1. The Labute approximate surface area is 180 Å². The van der Waals surface area contributed by atoms with Crippen LogP contribution in [-0.4, -0.2) is 5.97 Å². The molecule has 3 rings (SSSR count). The normalized spacial score (nSPS) is 27.6. The van der Waals surface area contributed by atoms with E-state index < -0.39 is 5.82 Å². The first-order chi connectivity index (χ1) is 14.0. The van der Waals surface area contributed by atoms with Crippen LogP contribution in [0, 0.1) is 29.5 Å². The van der Waals surface area contributed by atoms with Crippen molar-refractivity contribution >= 4 is 17.6 Å². The van der Waals surface area contributed by atoms with E-state index in [1.165, 1.54) is 88.8 Å². The highest BCUT2D eigenvalue weighted by atomic mass is 35.5. The van der Waals surface area contributed by atoms with Gasteiger partial charge in [0.2, 0.25) is 0 Å². The van der Waals surface area contributed by atoms with Crippen LogP contribution in [0.15, 0.2) is 18.2 Å². The van der Waals surface area contributed by atoms with Gasteiger partial charge >= 0.3 is 5.97 Å². The number of carbonyl (C=O) groups is 1. The van der Waals surface area contributed by atoms with Crippen LogP contribution in [0.1, 0.15) is 90.4 Å². The topological polar surface area (TPSA) is 26.3 Å². The Morgan fingerprint density at radius 3 is 2.59 bits per heavy atom. The molecule has 0 heterocycles. The Kier molecular flexibility index (Phi) is 8.84. The van der Waals surface area contributed by atoms with Crippen molar-refractivity contribution in [1.29, 1.82) is 0 Å². The van der Waals surface area contributed by atoms with Crippen molar-refractivity contribution in [3.8, 4) is 5.75 Å². The van der Waals surface area contributed by atoms with Crippen molar-refractivity contribution in [3.63, 3.8) is 0 Å². The molecule has 0 spiro atoms. The minimum atomic E-state index is -0.559. The Morgan fingerprint density at radius 1 is 1.07 bits per heavy atom. The van der Waals surface area contributed by atoms with E-state index >= 15 is 0 Å². The molecule has 4 heteroatoms. The van der Waals surface area contributed by atoms with Gasteiger partial charge in [0.1, 0.15) is 11.6 Å². The molecule has 2 aliphatic carbocycles. The molecule has 2 saturated carbocycles. The van der Waals surface area contributed by atoms with Crippen molar-refractivity contribution in [2.45, 2.75) is 90.4 Å². The molecule has 0 saturated heterocycles. The van der Waals surface area contributed by atoms with Crippen LogP contribution in [0.3, 0.4) is 0 Å². The Hall–Kier alpha value is -1.09. The minimum absolute atomic E-state index is 0.0393. The predicted octanol–water partition coefficient (Wildman–Crippen LogP) is 7.97. The number of rotatable bonds is 8. The van der Waals surface area contributed by atoms with Crippen molar-refractivity contribution in [3.05, 3.63) is 29.0 Å². The van der Waals surface area contributed by atoms with E-state index in [4.69, 9.17) is 16.3 Å². The average Bonchev–Trinajstić information content (AvgIpc) is 2.74. The molecule has 0 bridgehead atoms. The van der Waals surface area contributed by atoms with Gasteiger partial charge in [-0.2, -0.15) is 0 Å². The summed E-state index contributed by atoms with van der Waals surface area (Å²) in [7, 11) is 0. The molecule has 0 N–H and O–H groups in total. The summed E-state index contributed by atoms with van der Waals surface area (Å²) in [5.41, 5.74) is 0.